The van der Waals surface area contributed by atoms with Crippen molar-refractivity contribution in [3.63, 3.8) is 0 Å². The first-order valence-electron chi connectivity index (χ1n) is 8.20. The van der Waals surface area contributed by atoms with E-state index >= 15 is 0 Å². The number of aryl methyl sites for hydroxylation is 2. The molecule has 1 amide bonds. The average molecular weight is 352 g/mol. The SMILES string of the molecule is CCn1c(C)nc2cc(C(=O)N/N=C/c3cc(OC)ccc3O)ccc21. The smallest absolute Gasteiger partial charge is 0.271 e. The number of rotatable bonds is 5. The number of hydrogen-bond donors (Lipinski definition) is 2. The van der Waals surface area contributed by atoms with Gasteiger partial charge in [0, 0.05) is 17.7 Å². The van der Waals surface area contributed by atoms with Crippen LogP contribution in [0.1, 0.15) is 28.7 Å². The van der Waals surface area contributed by atoms with Crippen molar-refractivity contribution in [3.8, 4) is 11.5 Å². The minimum atomic E-state index is -0.353. The second-order valence-electron chi connectivity index (χ2n) is 5.73. The van der Waals surface area contributed by atoms with Crippen LogP contribution in [-0.4, -0.2) is 33.9 Å². The van der Waals surface area contributed by atoms with Crippen LogP contribution < -0.4 is 10.2 Å². The number of amides is 1. The lowest BCUT2D eigenvalue weighted by atomic mass is 10.2. The fourth-order valence-corrected chi connectivity index (χ4v) is 2.78. The summed E-state index contributed by atoms with van der Waals surface area (Å²) in [5.74, 6) is 1.19. The van der Waals surface area contributed by atoms with Gasteiger partial charge in [-0.05, 0) is 50.2 Å². The van der Waals surface area contributed by atoms with Crippen molar-refractivity contribution >= 4 is 23.2 Å². The normalized spacial score (nSPS) is 11.2. The van der Waals surface area contributed by atoms with E-state index in [9.17, 15) is 9.90 Å². The van der Waals surface area contributed by atoms with Crippen LogP contribution in [0.25, 0.3) is 11.0 Å². The molecule has 26 heavy (non-hydrogen) atoms. The lowest BCUT2D eigenvalue weighted by Crippen LogP contribution is -2.17. The van der Waals surface area contributed by atoms with Crippen LogP contribution in [0.5, 0.6) is 11.5 Å². The third kappa shape index (κ3) is 3.37. The average Bonchev–Trinajstić information content (AvgIpc) is 2.97. The summed E-state index contributed by atoms with van der Waals surface area (Å²) in [6.07, 6.45) is 1.37. The topological polar surface area (TPSA) is 88.7 Å². The monoisotopic (exact) mass is 352 g/mol. The molecule has 0 aliphatic rings. The number of hydrazone groups is 1. The second kappa shape index (κ2) is 7.26. The van der Waals surface area contributed by atoms with Gasteiger partial charge in [0.1, 0.15) is 17.3 Å². The zero-order valence-corrected chi connectivity index (χ0v) is 14.9. The van der Waals surface area contributed by atoms with Gasteiger partial charge in [0.05, 0.1) is 24.4 Å². The molecule has 3 rings (SSSR count). The fourth-order valence-electron chi connectivity index (χ4n) is 2.78. The van der Waals surface area contributed by atoms with E-state index < -0.39 is 0 Å². The summed E-state index contributed by atoms with van der Waals surface area (Å²) in [5, 5.41) is 13.7. The molecular formula is C19H20N4O3. The predicted octanol–water partition coefficient (Wildman–Crippen LogP) is 2.84. The van der Waals surface area contributed by atoms with Gasteiger partial charge in [-0.3, -0.25) is 4.79 Å². The number of methoxy groups -OCH3 is 1. The van der Waals surface area contributed by atoms with E-state index in [-0.39, 0.29) is 11.7 Å². The van der Waals surface area contributed by atoms with Crippen LogP contribution in [0.3, 0.4) is 0 Å². The first-order valence-corrected chi connectivity index (χ1v) is 8.20. The maximum absolute atomic E-state index is 12.3. The van der Waals surface area contributed by atoms with Gasteiger partial charge in [-0.2, -0.15) is 5.10 Å². The Hall–Kier alpha value is -3.35. The molecule has 7 nitrogen and oxygen atoms in total. The van der Waals surface area contributed by atoms with Gasteiger partial charge < -0.3 is 14.4 Å². The molecule has 1 heterocycles. The van der Waals surface area contributed by atoms with Crippen molar-refractivity contribution in [1.29, 1.82) is 0 Å². The Kier molecular flexibility index (Phi) is 4.88. The number of phenols is 1. The predicted molar refractivity (Wildman–Crippen MR) is 99.9 cm³/mol. The number of carbonyl (C=O) groups is 1. The Morgan fingerprint density at radius 2 is 2.15 bits per heavy atom. The van der Waals surface area contributed by atoms with Crippen molar-refractivity contribution in [3.05, 3.63) is 53.3 Å². The Labute approximate surface area is 150 Å². The van der Waals surface area contributed by atoms with Gasteiger partial charge in [0.25, 0.3) is 5.91 Å². The minimum absolute atomic E-state index is 0.0470. The molecule has 0 radical (unpaired) electrons. The molecule has 0 atom stereocenters. The van der Waals surface area contributed by atoms with E-state index in [4.69, 9.17) is 4.74 Å². The third-order valence-electron chi connectivity index (χ3n) is 4.12. The van der Waals surface area contributed by atoms with E-state index in [1.165, 1.54) is 19.4 Å². The van der Waals surface area contributed by atoms with Crippen LogP contribution in [0.15, 0.2) is 41.5 Å². The molecule has 7 heteroatoms. The standard InChI is InChI=1S/C19H20N4O3/c1-4-23-12(2)21-16-10-13(5-7-17(16)23)19(25)22-20-11-14-9-15(26-3)6-8-18(14)24/h5-11,24H,4H2,1-3H3,(H,22,25)/b20-11+. The first-order chi connectivity index (χ1) is 12.5. The number of nitrogens with zero attached hydrogens (tertiary/aromatic N) is 3. The van der Waals surface area contributed by atoms with Crippen LogP contribution >= 0.6 is 0 Å². The quantitative estimate of drug-likeness (QED) is 0.546. The van der Waals surface area contributed by atoms with Gasteiger partial charge in [-0.15, -0.1) is 0 Å². The third-order valence-corrected chi connectivity index (χ3v) is 4.12. The molecule has 0 saturated carbocycles. The highest BCUT2D eigenvalue weighted by Crippen LogP contribution is 2.21. The molecule has 0 bridgehead atoms. The molecule has 134 valence electrons. The number of hydrogen-bond acceptors (Lipinski definition) is 5. The summed E-state index contributed by atoms with van der Waals surface area (Å²) in [7, 11) is 1.53. The Balaban J connectivity index is 1.77. The fraction of sp³-hybridized carbons (Fsp3) is 0.211. The number of fused-ring (bicyclic) bond motifs is 1. The minimum Gasteiger partial charge on any atom is -0.507 e. The molecule has 0 unspecified atom stereocenters. The molecule has 2 aromatic carbocycles. The van der Waals surface area contributed by atoms with E-state index in [1.54, 1.807) is 24.3 Å². The van der Waals surface area contributed by atoms with Crippen molar-refractivity contribution in [2.45, 2.75) is 20.4 Å². The van der Waals surface area contributed by atoms with Crippen molar-refractivity contribution in [2.24, 2.45) is 5.10 Å². The summed E-state index contributed by atoms with van der Waals surface area (Å²) >= 11 is 0. The van der Waals surface area contributed by atoms with Gasteiger partial charge in [0.2, 0.25) is 0 Å². The van der Waals surface area contributed by atoms with E-state index in [2.05, 4.69) is 27.0 Å². The number of phenolic OH excluding ortho intramolecular Hbond substituents is 1. The molecule has 0 aliphatic carbocycles. The lowest BCUT2D eigenvalue weighted by Gasteiger charge is -2.04. The zero-order chi connectivity index (χ0) is 18.7. The maximum atomic E-state index is 12.3. The van der Waals surface area contributed by atoms with Crippen LogP contribution in [0, 0.1) is 6.92 Å². The number of benzene rings is 2. The van der Waals surface area contributed by atoms with Gasteiger partial charge in [0.15, 0.2) is 0 Å². The van der Waals surface area contributed by atoms with Crippen molar-refractivity contribution in [1.82, 2.24) is 15.0 Å². The molecular weight excluding hydrogens is 332 g/mol. The molecule has 3 aromatic rings. The number of ether oxygens (including phenoxy) is 1. The largest absolute Gasteiger partial charge is 0.507 e. The molecule has 0 aliphatic heterocycles. The molecule has 2 N–H and O–H groups in total. The van der Waals surface area contributed by atoms with Crippen molar-refractivity contribution in [2.75, 3.05) is 7.11 Å². The molecule has 1 aromatic heterocycles. The number of nitrogens with one attached hydrogen (secondary N) is 1. The Morgan fingerprint density at radius 3 is 2.88 bits per heavy atom. The molecule has 0 fully saturated rings. The lowest BCUT2D eigenvalue weighted by molar-refractivity contribution is 0.0955. The number of aromatic nitrogens is 2. The highest BCUT2D eigenvalue weighted by atomic mass is 16.5. The van der Waals surface area contributed by atoms with E-state index in [0.717, 1.165) is 23.4 Å². The highest BCUT2D eigenvalue weighted by molar-refractivity contribution is 5.98. The summed E-state index contributed by atoms with van der Waals surface area (Å²) in [6.45, 7) is 4.81. The zero-order valence-electron chi connectivity index (χ0n) is 14.9. The summed E-state index contributed by atoms with van der Waals surface area (Å²) < 4.78 is 7.18. The van der Waals surface area contributed by atoms with Crippen LogP contribution in [0.4, 0.5) is 0 Å². The number of aromatic hydroxyl groups is 1. The van der Waals surface area contributed by atoms with Gasteiger partial charge >= 0.3 is 0 Å². The Morgan fingerprint density at radius 1 is 1.35 bits per heavy atom. The van der Waals surface area contributed by atoms with Gasteiger partial charge in [-0.25, -0.2) is 10.4 Å². The molecule has 0 spiro atoms. The maximum Gasteiger partial charge on any atom is 0.271 e. The van der Waals surface area contributed by atoms with E-state index in [0.29, 0.717) is 16.9 Å². The second-order valence-corrected chi connectivity index (χ2v) is 5.73. The van der Waals surface area contributed by atoms with Crippen molar-refractivity contribution < 1.29 is 14.6 Å². The molecule has 0 saturated heterocycles. The number of imidazole rings is 1. The van der Waals surface area contributed by atoms with Crippen LogP contribution in [0.2, 0.25) is 0 Å². The summed E-state index contributed by atoms with van der Waals surface area (Å²) in [6, 6.07) is 10.1. The van der Waals surface area contributed by atoms with Crippen LogP contribution in [-0.2, 0) is 6.54 Å². The first kappa shape index (κ1) is 17.5. The van der Waals surface area contributed by atoms with E-state index in [1.807, 2.05) is 13.0 Å². The van der Waals surface area contributed by atoms with Gasteiger partial charge in [-0.1, -0.05) is 0 Å². The Bertz CT molecular complexity index is 992. The summed E-state index contributed by atoms with van der Waals surface area (Å²) in [5.41, 5.74) is 5.12. The summed E-state index contributed by atoms with van der Waals surface area (Å²) in [4.78, 5) is 16.8. The number of carbonyl (C=O) groups excluding carboxylic acids is 1. The highest BCUT2D eigenvalue weighted by Gasteiger charge is 2.10.